The van der Waals surface area contributed by atoms with Gasteiger partial charge in [-0.15, -0.1) is 0 Å². The van der Waals surface area contributed by atoms with Crippen molar-refractivity contribution in [3.8, 4) is 5.75 Å². The number of hydrogen-bond acceptors (Lipinski definition) is 5. The van der Waals surface area contributed by atoms with Gasteiger partial charge in [-0.25, -0.2) is 8.42 Å². The van der Waals surface area contributed by atoms with Gasteiger partial charge in [0.25, 0.3) is 10.0 Å². The van der Waals surface area contributed by atoms with Crippen LogP contribution in [0.2, 0.25) is 0 Å². The second kappa shape index (κ2) is 15.9. The minimum absolute atomic E-state index is 0.0168. The number of amides is 2. The van der Waals surface area contributed by atoms with Crippen LogP contribution in [0.3, 0.4) is 0 Å². The van der Waals surface area contributed by atoms with Gasteiger partial charge in [0.05, 0.1) is 17.7 Å². The molecule has 0 radical (unpaired) electrons. The molecule has 0 aliphatic rings. The molecule has 236 valence electrons. The Labute approximate surface area is 266 Å². The molecule has 0 bridgehead atoms. The van der Waals surface area contributed by atoms with Crippen LogP contribution in [0.4, 0.5) is 5.69 Å². The third-order valence-corrected chi connectivity index (χ3v) is 9.33. The Bertz CT molecular complexity index is 1630. The number of carbonyl (C=O) groups excluding carboxylic acids is 2. The fourth-order valence-corrected chi connectivity index (χ4v) is 6.36. The summed E-state index contributed by atoms with van der Waals surface area (Å²) in [6, 6.07) is 31.0. The third kappa shape index (κ3) is 8.95. The van der Waals surface area contributed by atoms with E-state index in [1.165, 1.54) is 24.1 Å². The Balaban J connectivity index is 1.76. The summed E-state index contributed by atoms with van der Waals surface area (Å²) in [6.07, 6.45) is 1.98. The number of para-hydroxylation sites is 1. The molecule has 0 spiro atoms. The number of benzene rings is 4. The lowest BCUT2D eigenvalue weighted by atomic mass is 10.0. The minimum atomic E-state index is -4.18. The van der Waals surface area contributed by atoms with Crippen molar-refractivity contribution in [3.05, 3.63) is 126 Å². The standard InChI is InChI=1S/C36H41N3O5S/c1-4-5-24-37-36(41)34(25-29-12-8-6-9-13-29)38(26-30-18-16-28(2)17-19-30)35(40)27-39(31-14-10-7-11-15-31)45(42,43)33-22-20-32(44-3)21-23-33/h6-23,34H,4-5,24-27H2,1-3H3,(H,37,41). The van der Waals surface area contributed by atoms with Gasteiger partial charge in [0.1, 0.15) is 18.3 Å². The van der Waals surface area contributed by atoms with E-state index in [0.717, 1.165) is 33.8 Å². The largest absolute Gasteiger partial charge is 0.497 e. The van der Waals surface area contributed by atoms with Gasteiger partial charge in [-0.3, -0.25) is 13.9 Å². The van der Waals surface area contributed by atoms with E-state index >= 15 is 0 Å². The summed E-state index contributed by atoms with van der Waals surface area (Å²) < 4.78 is 34.5. The molecule has 0 aromatic heterocycles. The number of sulfonamides is 1. The Morgan fingerprint density at radius 3 is 2.04 bits per heavy atom. The van der Waals surface area contributed by atoms with Crippen LogP contribution in [0.5, 0.6) is 5.75 Å². The van der Waals surface area contributed by atoms with Crippen molar-refractivity contribution < 1.29 is 22.7 Å². The molecule has 2 amide bonds. The van der Waals surface area contributed by atoms with Crippen LogP contribution < -0.4 is 14.4 Å². The zero-order chi connectivity index (χ0) is 32.2. The highest BCUT2D eigenvalue weighted by molar-refractivity contribution is 7.92. The molecule has 45 heavy (non-hydrogen) atoms. The van der Waals surface area contributed by atoms with Gasteiger partial charge >= 0.3 is 0 Å². The molecule has 0 aliphatic heterocycles. The van der Waals surface area contributed by atoms with Crippen molar-refractivity contribution in [1.29, 1.82) is 0 Å². The fourth-order valence-electron chi connectivity index (χ4n) is 4.95. The number of nitrogens with zero attached hydrogens (tertiary/aromatic N) is 2. The average molecular weight is 628 g/mol. The van der Waals surface area contributed by atoms with Crippen molar-refractivity contribution in [2.24, 2.45) is 0 Å². The maximum atomic E-state index is 14.5. The molecular formula is C36H41N3O5S. The van der Waals surface area contributed by atoms with Crippen molar-refractivity contribution in [2.75, 3.05) is 24.5 Å². The monoisotopic (exact) mass is 627 g/mol. The predicted molar refractivity (Wildman–Crippen MR) is 178 cm³/mol. The number of rotatable bonds is 15. The Kier molecular flexibility index (Phi) is 11.8. The summed E-state index contributed by atoms with van der Waals surface area (Å²) in [5, 5.41) is 3.01. The van der Waals surface area contributed by atoms with Gasteiger partial charge in [-0.1, -0.05) is 91.7 Å². The van der Waals surface area contributed by atoms with Gasteiger partial charge in [-0.05, 0) is 60.9 Å². The van der Waals surface area contributed by atoms with E-state index in [0.29, 0.717) is 18.0 Å². The maximum absolute atomic E-state index is 14.5. The van der Waals surface area contributed by atoms with Crippen molar-refractivity contribution in [1.82, 2.24) is 10.2 Å². The molecule has 8 nitrogen and oxygen atoms in total. The van der Waals surface area contributed by atoms with Crippen molar-refractivity contribution >= 4 is 27.5 Å². The molecular weight excluding hydrogens is 586 g/mol. The molecule has 4 aromatic carbocycles. The van der Waals surface area contributed by atoms with Crippen LogP contribution in [-0.2, 0) is 32.6 Å². The van der Waals surface area contributed by atoms with Crippen molar-refractivity contribution in [2.45, 2.75) is 50.6 Å². The van der Waals surface area contributed by atoms with Crippen LogP contribution in [0.25, 0.3) is 0 Å². The number of anilines is 1. The molecule has 1 N–H and O–H groups in total. The minimum Gasteiger partial charge on any atom is -0.497 e. The first-order valence-electron chi connectivity index (χ1n) is 15.1. The number of unbranched alkanes of at least 4 members (excludes halogenated alkanes) is 1. The highest BCUT2D eigenvalue weighted by Crippen LogP contribution is 2.26. The van der Waals surface area contributed by atoms with Crippen LogP contribution in [-0.4, -0.2) is 51.4 Å². The smallest absolute Gasteiger partial charge is 0.264 e. The van der Waals surface area contributed by atoms with E-state index in [1.807, 2.05) is 68.4 Å². The number of hydrogen-bond donors (Lipinski definition) is 1. The van der Waals surface area contributed by atoms with E-state index in [9.17, 15) is 18.0 Å². The van der Waals surface area contributed by atoms with E-state index in [1.54, 1.807) is 42.5 Å². The topological polar surface area (TPSA) is 96.0 Å². The number of nitrogens with one attached hydrogen (secondary N) is 1. The zero-order valence-corrected chi connectivity index (χ0v) is 26.9. The summed E-state index contributed by atoms with van der Waals surface area (Å²) >= 11 is 0. The molecule has 0 aliphatic carbocycles. The molecule has 4 aromatic rings. The summed E-state index contributed by atoms with van der Waals surface area (Å²) in [6.45, 7) is 4.13. The van der Waals surface area contributed by atoms with E-state index in [4.69, 9.17) is 4.74 Å². The first-order chi connectivity index (χ1) is 21.7. The first kappa shape index (κ1) is 33.3. The van der Waals surface area contributed by atoms with Crippen LogP contribution in [0.15, 0.2) is 114 Å². The Morgan fingerprint density at radius 1 is 0.822 bits per heavy atom. The molecule has 0 heterocycles. The highest BCUT2D eigenvalue weighted by Gasteiger charge is 2.34. The van der Waals surface area contributed by atoms with Crippen LogP contribution in [0, 0.1) is 6.92 Å². The molecule has 0 fully saturated rings. The van der Waals surface area contributed by atoms with Crippen LogP contribution >= 0.6 is 0 Å². The van der Waals surface area contributed by atoms with Gasteiger partial charge in [0, 0.05) is 19.5 Å². The SMILES string of the molecule is CCCCNC(=O)C(Cc1ccccc1)N(Cc1ccc(C)cc1)C(=O)CN(c1ccccc1)S(=O)(=O)c1ccc(OC)cc1. The molecule has 4 rings (SSSR count). The predicted octanol–water partition coefficient (Wildman–Crippen LogP) is 5.76. The van der Waals surface area contributed by atoms with E-state index in [2.05, 4.69) is 5.32 Å². The maximum Gasteiger partial charge on any atom is 0.264 e. The van der Waals surface area contributed by atoms with Crippen LogP contribution in [0.1, 0.15) is 36.5 Å². The summed E-state index contributed by atoms with van der Waals surface area (Å²) in [4.78, 5) is 29.8. The number of aryl methyl sites for hydroxylation is 1. The molecule has 1 unspecified atom stereocenters. The lowest BCUT2D eigenvalue weighted by Gasteiger charge is -2.34. The fraction of sp³-hybridized carbons (Fsp3) is 0.278. The molecule has 1 atom stereocenters. The second-order valence-corrected chi connectivity index (χ2v) is 12.7. The number of methoxy groups -OCH3 is 1. The second-order valence-electron chi connectivity index (χ2n) is 10.9. The molecule has 0 saturated heterocycles. The normalized spacial score (nSPS) is 11.8. The van der Waals surface area contributed by atoms with Crippen molar-refractivity contribution in [3.63, 3.8) is 0 Å². The average Bonchev–Trinajstić information content (AvgIpc) is 3.06. The number of carbonyl (C=O) groups is 2. The van der Waals surface area contributed by atoms with Gasteiger partial charge in [0.15, 0.2) is 0 Å². The van der Waals surface area contributed by atoms with Gasteiger partial charge < -0.3 is 15.0 Å². The number of ether oxygens (including phenoxy) is 1. The molecule has 0 saturated carbocycles. The highest BCUT2D eigenvalue weighted by atomic mass is 32.2. The Hall–Kier alpha value is -4.63. The zero-order valence-electron chi connectivity index (χ0n) is 26.1. The lowest BCUT2D eigenvalue weighted by Crippen LogP contribution is -2.53. The van der Waals surface area contributed by atoms with Gasteiger partial charge in [-0.2, -0.15) is 0 Å². The lowest BCUT2D eigenvalue weighted by molar-refractivity contribution is -0.140. The summed E-state index contributed by atoms with van der Waals surface area (Å²) in [5.41, 5.74) is 3.12. The van der Waals surface area contributed by atoms with E-state index in [-0.39, 0.29) is 23.8 Å². The quantitative estimate of drug-likeness (QED) is 0.169. The Morgan fingerprint density at radius 2 is 1.44 bits per heavy atom. The summed E-state index contributed by atoms with van der Waals surface area (Å²) in [5.74, 6) is -0.265. The summed E-state index contributed by atoms with van der Waals surface area (Å²) in [7, 11) is -2.67. The van der Waals surface area contributed by atoms with E-state index < -0.39 is 28.5 Å². The third-order valence-electron chi connectivity index (χ3n) is 7.54. The molecule has 9 heteroatoms. The van der Waals surface area contributed by atoms with Gasteiger partial charge in [0.2, 0.25) is 11.8 Å². The first-order valence-corrected chi connectivity index (χ1v) is 16.6.